The topological polar surface area (TPSA) is 26.3 Å². The molecule has 1 aliphatic rings. The van der Waals surface area contributed by atoms with E-state index in [9.17, 15) is 4.79 Å². The first-order valence-electron chi connectivity index (χ1n) is 6.75. The number of benzene rings is 3. The van der Waals surface area contributed by atoms with E-state index in [0.29, 0.717) is 0 Å². The van der Waals surface area contributed by atoms with Crippen LogP contribution in [0.15, 0.2) is 51.4 Å². The molecule has 0 saturated carbocycles. The highest BCUT2D eigenvalue weighted by atomic mass is 79.9. The van der Waals surface area contributed by atoms with E-state index < -0.39 is 0 Å². The number of carbonyl (C=O) groups excluding carboxylic acids is 1. The monoisotopic (exact) mass is 416 g/mol. The minimum Gasteiger partial charge on any atom is -0.496 e. The molecule has 4 rings (SSSR count). The first-order chi connectivity index (χ1) is 10.6. The van der Waals surface area contributed by atoms with Gasteiger partial charge in [0.25, 0.3) is 0 Å². The van der Waals surface area contributed by atoms with E-state index in [1.54, 1.807) is 7.11 Å². The molecule has 0 aliphatic heterocycles. The van der Waals surface area contributed by atoms with Crippen molar-refractivity contribution in [3.05, 3.63) is 62.5 Å². The molecule has 0 bridgehead atoms. The Balaban J connectivity index is 2.23. The lowest BCUT2D eigenvalue weighted by atomic mass is 9.83. The van der Waals surface area contributed by atoms with Gasteiger partial charge in [-0.3, -0.25) is 4.79 Å². The third-order valence-electron chi connectivity index (χ3n) is 4.04. The van der Waals surface area contributed by atoms with E-state index in [2.05, 4.69) is 31.9 Å². The van der Waals surface area contributed by atoms with Crippen LogP contribution in [0.5, 0.6) is 5.75 Å². The lowest BCUT2D eigenvalue weighted by molar-refractivity contribution is 0.104. The fourth-order valence-corrected chi connectivity index (χ4v) is 4.03. The molecule has 0 unspecified atom stereocenters. The second kappa shape index (κ2) is 4.93. The van der Waals surface area contributed by atoms with Crippen LogP contribution in [0, 0.1) is 0 Å². The van der Waals surface area contributed by atoms with Gasteiger partial charge in [0.05, 0.1) is 11.6 Å². The molecule has 0 radical (unpaired) electrons. The molecule has 0 aromatic heterocycles. The van der Waals surface area contributed by atoms with Gasteiger partial charge in [0.15, 0.2) is 5.78 Å². The minimum atomic E-state index is 0.0615. The summed E-state index contributed by atoms with van der Waals surface area (Å²) in [6.45, 7) is 0. The predicted octanol–water partition coefficient (Wildman–Crippen LogP) is 5.58. The summed E-state index contributed by atoms with van der Waals surface area (Å²) in [4.78, 5) is 12.8. The molecule has 1 aliphatic carbocycles. The van der Waals surface area contributed by atoms with Crippen LogP contribution >= 0.6 is 31.9 Å². The SMILES string of the molecule is COc1cc2c3c(cccc3c1Br)C(=O)c1cc(Br)ccc1-2. The fourth-order valence-electron chi connectivity index (χ4n) is 3.06. The Morgan fingerprint density at radius 2 is 1.73 bits per heavy atom. The Kier molecular flexibility index (Phi) is 3.13. The summed E-state index contributed by atoms with van der Waals surface area (Å²) < 4.78 is 7.26. The molecule has 108 valence electrons. The first kappa shape index (κ1) is 14.0. The number of hydrogen-bond acceptors (Lipinski definition) is 2. The number of hydrogen-bond donors (Lipinski definition) is 0. The summed E-state index contributed by atoms with van der Waals surface area (Å²) >= 11 is 7.04. The smallest absolute Gasteiger partial charge is 0.194 e. The minimum absolute atomic E-state index is 0.0615. The first-order valence-corrected chi connectivity index (χ1v) is 8.34. The van der Waals surface area contributed by atoms with Crippen molar-refractivity contribution in [2.75, 3.05) is 7.11 Å². The highest BCUT2D eigenvalue weighted by Crippen LogP contribution is 2.45. The number of methoxy groups -OCH3 is 1. The highest BCUT2D eigenvalue weighted by molar-refractivity contribution is 9.11. The molecule has 0 amide bonds. The van der Waals surface area contributed by atoms with Crippen molar-refractivity contribution in [3.8, 4) is 16.9 Å². The van der Waals surface area contributed by atoms with Crippen LogP contribution in [0.25, 0.3) is 21.9 Å². The summed E-state index contributed by atoms with van der Waals surface area (Å²) in [5, 5.41) is 1.98. The number of fused-ring (bicyclic) bond motifs is 2. The Labute approximate surface area is 144 Å². The zero-order chi connectivity index (χ0) is 15.4. The van der Waals surface area contributed by atoms with Crippen molar-refractivity contribution >= 4 is 48.4 Å². The van der Waals surface area contributed by atoms with Crippen molar-refractivity contribution < 1.29 is 9.53 Å². The molecule has 2 nitrogen and oxygen atoms in total. The Bertz CT molecular complexity index is 961. The van der Waals surface area contributed by atoms with Crippen LogP contribution < -0.4 is 4.74 Å². The average Bonchev–Trinajstić information content (AvgIpc) is 2.54. The zero-order valence-electron chi connectivity index (χ0n) is 11.6. The van der Waals surface area contributed by atoms with E-state index in [4.69, 9.17) is 4.74 Å². The van der Waals surface area contributed by atoms with Crippen LogP contribution in [-0.2, 0) is 0 Å². The van der Waals surface area contributed by atoms with E-state index in [1.807, 2.05) is 42.5 Å². The van der Waals surface area contributed by atoms with Gasteiger partial charge >= 0.3 is 0 Å². The third-order valence-corrected chi connectivity index (χ3v) is 5.35. The van der Waals surface area contributed by atoms with Gasteiger partial charge in [-0.1, -0.05) is 40.2 Å². The van der Waals surface area contributed by atoms with Crippen LogP contribution in [0.1, 0.15) is 15.9 Å². The van der Waals surface area contributed by atoms with Gasteiger partial charge in [0.1, 0.15) is 5.75 Å². The Hall–Kier alpha value is -1.65. The molecule has 22 heavy (non-hydrogen) atoms. The highest BCUT2D eigenvalue weighted by Gasteiger charge is 2.27. The van der Waals surface area contributed by atoms with Gasteiger partial charge in [0.2, 0.25) is 0 Å². The fraction of sp³-hybridized carbons (Fsp3) is 0.0556. The second-order valence-electron chi connectivity index (χ2n) is 5.19. The van der Waals surface area contributed by atoms with Crippen molar-refractivity contribution in [1.29, 1.82) is 0 Å². The second-order valence-corrected chi connectivity index (χ2v) is 6.90. The summed E-state index contributed by atoms with van der Waals surface area (Å²) in [5.41, 5.74) is 3.44. The molecule has 0 spiro atoms. The predicted molar refractivity (Wildman–Crippen MR) is 94.8 cm³/mol. The lowest BCUT2D eigenvalue weighted by Crippen LogP contribution is -2.10. The van der Waals surface area contributed by atoms with Gasteiger partial charge < -0.3 is 4.74 Å². The molecular formula is C18H10Br2O2. The summed E-state index contributed by atoms with van der Waals surface area (Å²) in [5.74, 6) is 0.828. The molecule has 0 fully saturated rings. The maximum absolute atomic E-state index is 12.8. The molecular weight excluding hydrogens is 408 g/mol. The van der Waals surface area contributed by atoms with Crippen molar-refractivity contribution in [2.24, 2.45) is 0 Å². The molecule has 3 aromatic carbocycles. The standard InChI is InChI=1S/C18H10Br2O2/c1-22-15-8-13-10-6-5-9(19)7-14(10)18(21)12-4-2-3-11(16(12)13)17(15)20/h2-8H,1H3. The van der Waals surface area contributed by atoms with Crippen LogP contribution in [0.4, 0.5) is 0 Å². The maximum Gasteiger partial charge on any atom is 0.194 e. The average molecular weight is 418 g/mol. The van der Waals surface area contributed by atoms with Crippen molar-refractivity contribution in [1.82, 2.24) is 0 Å². The molecule has 3 aromatic rings. The normalized spacial score (nSPS) is 12.4. The van der Waals surface area contributed by atoms with Gasteiger partial charge in [-0.05, 0) is 45.3 Å². The number of rotatable bonds is 1. The number of ether oxygens (including phenoxy) is 1. The summed E-state index contributed by atoms with van der Waals surface area (Å²) in [6.07, 6.45) is 0. The Morgan fingerprint density at radius 1 is 0.909 bits per heavy atom. The van der Waals surface area contributed by atoms with E-state index in [1.165, 1.54) is 0 Å². The van der Waals surface area contributed by atoms with Gasteiger partial charge in [-0.25, -0.2) is 0 Å². The quantitative estimate of drug-likeness (QED) is 0.403. The van der Waals surface area contributed by atoms with E-state index in [0.717, 1.165) is 47.7 Å². The molecule has 0 heterocycles. The number of carbonyl (C=O) groups is 1. The van der Waals surface area contributed by atoms with Gasteiger partial charge in [-0.15, -0.1) is 0 Å². The summed E-state index contributed by atoms with van der Waals surface area (Å²) in [6, 6.07) is 13.6. The van der Waals surface area contributed by atoms with Gasteiger partial charge in [0, 0.05) is 26.4 Å². The van der Waals surface area contributed by atoms with Crippen molar-refractivity contribution in [3.63, 3.8) is 0 Å². The number of ketones is 1. The largest absolute Gasteiger partial charge is 0.496 e. The van der Waals surface area contributed by atoms with E-state index in [-0.39, 0.29) is 5.78 Å². The molecule has 0 saturated heterocycles. The van der Waals surface area contributed by atoms with E-state index >= 15 is 0 Å². The van der Waals surface area contributed by atoms with Crippen molar-refractivity contribution in [2.45, 2.75) is 0 Å². The third kappa shape index (κ3) is 1.80. The van der Waals surface area contributed by atoms with Crippen LogP contribution in [0.2, 0.25) is 0 Å². The van der Waals surface area contributed by atoms with Gasteiger partial charge in [-0.2, -0.15) is 0 Å². The Morgan fingerprint density at radius 3 is 2.50 bits per heavy atom. The summed E-state index contributed by atoms with van der Waals surface area (Å²) in [7, 11) is 1.65. The maximum atomic E-state index is 12.8. The molecule has 4 heteroatoms. The lowest BCUT2D eigenvalue weighted by Gasteiger charge is -2.22. The molecule has 0 N–H and O–H groups in total. The zero-order valence-corrected chi connectivity index (χ0v) is 14.8. The molecule has 0 atom stereocenters. The number of halogens is 2. The van der Waals surface area contributed by atoms with Crippen LogP contribution in [-0.4, -0.2) is 12.9 Å². The van der Waals surface area contributed by atoms with Crippen LogP contribution in [0.3, 0.4) is 0 Å².